The number of aliphatic hydroxyl groups is 1. The van der Waals surface area contributed by atoms with Crippen molar-refractivity contribution in [3.63, 3.8) is 0 Å². The van der Waals surface area contributed by atoms with Gasteiger partial charge < -0.3 is 5.11 Å². The Morgan fingerprint density at radius 1 is 1.00 bits per heavy atom. The molecule has 4 aromatic rings. The first-order valence-corrected chi connectivity index (χ1v) is 14.0. The third-order valence-corrected chi connectivity index (χ3v) is 8.50. The highest BCUT2D eigenvalue weighted by molar-refractivity contribution is 8.00. The molecule has 1 atom stereocenters. The molecule has 0 radical (unpaired) electrons. The zero-order valence-corrected chi connectivity index (χ0v) is 23.1. The summed E-state index contributed by atoms with van der Waals surface area (Å²) in [6.45, 7) is 6.30. The van der Waals surface area contributed by atoms with E-state index in [0.29, 0.717) is 21.2 Å². The third kappa shape index (κ3) is 5.48. The Kier molecular flexibility index (Phi) is 7.33. The number of halogens is 1. The molecule has 1 saturated heterocycles. The molecular weight excluding hydrogens is 535 g/mol. The van der Waals surface area contributed by atoms with Gasteiger partial charge in [0, 0.05) is 23.7 Å². The molecule has 0 aliphatic carbocycles. The molecule has 7 nitrogen and oxygen atoms in total. The zero-order chi connectivity index (χ0) is 27.7. The largest absolute Gasteiger partial charge is 0.507 e. The van der Waals surface area contributed by atoms with Crippen LogP contribution in [0.5, 0.6) is 0 Å². The zero-order valence-electron chi connectivity index (χ0n) is 21.5. The van der Waals surface area contributed by atoms with Crippen LogP contribution in [0.1, 0.15) is 49.1 Å². The van der Waals surface area contributed by atoms with Crippen LogP contribution in [0, 0.1) is 5.82 Å². The summed E-state index contributed by atoms with van der Waals surface area (Å²) < 4.78 is 13.8. The highest BCUT2D eigenvalue weighted by Gasteiger charge is 2.48. The first-order valence-electron chi connectivity index (χ1n) is 12.2. The van der Waals surface area contributed by atoms with E-state index in [1.165, 1.54) is 52.5 Å². The number of aliphatic hydroxyl groups excluding tert-OH is 1. The van der Waals surface area contributed by atoms with Crippen LogP contribution in [0.25, 0.3) is 5.76 Å². The smallest absolute Gasteiger partial charge is 0.301 e. The molecule has 39 heavy (non-hydrogen) atoms. The summed E-state index contributed by atoms with van der Waals surface area (Å²) in [6, 6.07) is 16.1. The van der Waals surface area contributed by atoms with Crippen LogP contribution in [-0.4, -0.2) is 32.0 Å². The quantitative estimate of drug-likeness (QED) is 0.0974. The van der Waals surface area contributed by atoms with E-state index in [1.54, 1.807) is 24.3 Å². The third-order valence-electron chi connectivity index (χ3n) is 6.37. The van der Waals surface area contributed by atoms with Gasteiger partial charge in [0.15, 0.2) is 4.34 Å². The number of hydrogen-bond donors (Lipinski definition) is 1. The van der Waals surface area contributed by atoms with Crippen molar-refractivity contribution in [3.05, 3.63) is 107 Å². The van der Waals surface area contributed by atoms with E-state index in [0.717, 1.165) is 11.1 Å². The predicted octanol–water partition coefficient (Wildman–Crippen LogP) is 6.29. The fourth-order valence-electron chi connectivity index (χ4n) is 4.26. The first-order chi connectivity index (χ1) is 18.6. The Morgan fingerprint density at radius 2 is 1.67 bits per heavy atom. The van der Waals surface area contributed by atoms with Crippen molar-refractivity contribution in [1.29, 1.82) is 0 Å². The SMILES string of the molecule is CC(C)(C)c1ccc(C2/C(=C(\O)c3ccncc3)C(=O)C(=O)N2c2nnc(SCc3ccc(F)cc3)s2)cc1. The van der Waals surface area contributed by atoms with Crippen molar-refractivity contribution < 1.29 is 19.1 Å². The second-order valence-corrected chi connectivity index (χ2v) is 12.2. The minimum Gasteiger partial charge on any atom is -0.507 e. The van der Waals surface area contributed by atoms with E-state index in [-0.39, 0.29) is 27.7 Å². The summed E-state index contributed by atoms with van der Waals surface area (Å²) in [6.07, 6.45) is 3.02. The number of thioether (sulfide) groups is 1. The van der Waals surface area contributed by atoms with Gasteiger partial charge in [-0.2, -0.15) is 0 Å². The summed E-state index contributed by atoms with van der Waals surface area (Å²) in [4.78, 5) is 32.0. The number of benzene rings is 2. The van der Waals surface area contributed by atoms with Crippen molar-refractivity contribution in [2.24, 2.45) is 0 Å². The van der Waals surface area contributed by atoms with Gasteiger partial charge in [-0.05, 0) is 46.4 Å². The number of anilines is 1. The molecule has 0 spiro atoms. The van der Waals surface area contributed by atoms with Gasteiger partial charge in [-0.1, -0.05) is 80.3 Å². The number of Topliss-reactive ketones (excluding diaryl/α,β-unsaturated/α-hetero) is 1. The van der Waals surface area contributed by atoms with E-state index in [2.05, 4.69) is 36.0 Å². The molecule has 2 aromatic heterocycles. The van der Waals surface area contributed by atoms with Gasteiger partial charge in [-0.25, -0.2) is 4.39 Å². The summed E-state index contributed by atoms with van der Waals surface area (Å²) in [5.74, 6) is -1.64. The molecular formula is C29H25FN4O3S2. The number of carbonyl (C=O) groups is 2. The van der Waals surface area contributed by atoms with Crippen molar-refractivity contribution in [3.8, 4) is 0 Å². The van der Waals surface area contributed by atoms with E-state index in [9.17, 15) is 19.1 Å². The number of hydrogen-bond acceptors (Lipinski definition) is 8. The first kappa shape index (κ1) is 26.7. The fourth-order valence-corrected chi connectivity index (χ4v) is 6.08. The van der Waals surface area contributed by atoms with Crippen LogP contribution in [0.4, 0.5) is 9.52 Å². The van der Waals surface area contributed by atoms with Gasteiger partial charge >= 0.3 is 5.91 Å². The van der Waals surface area contributed by atoms with Crippen molar-refractivity contribution in [1.82, 2.24) is 15.2 Å². The van der Waals surface area contributed by atoms with Gasteiger partial charge in [0.25, 0.3) is 5.78 Å². The number of ketones is 1. The highest BCUT2D eigenvalue weighted by atomic mass is 32.2. The van der Waals surface area contributed by atoms with E-state index in [1.807, 2.05) is 24.3 Å². The lowest BCUT2D eigenvalue weighted by Crippen LogP contribution is -2.29. The molecule has 0 saturated carbocycles. The van der Waals surface area contributed by atoms with Crippen LogP contribution >= 0.6 is 23.1 Å². The summed E-state index contributed by atoms with van der Waals surface area (Å²) in [5, 5.41) is 19.9. The summed E-state index contributed by atoms with van der Waals surface area (Å²) in [7, 11) is 0. The van der Waals surface area contributed by atoms with Crippen molar-refractivity contribution in [2.45, 2.75) is 42.3 Å². The molecule has 5 rings (SSSR count). The summed E-state index contributed by atoms with van der Waals surface area (Å²) >= 11 is 2.58. The Morgan fingerprint density at radius 3 is 2.31 bits per heavy atom. The Bertz CT molecular complexity index is 1550. The maximum absolute atomic E-state index is 13.4. The molecule has 1 unspecified atom stereocenters. The number of rotatable bonds is 6. The lowest BCUT2D eigenvalue weighted by Gasteiger charge is -2.24. The average Bonchev–Trinajstić information content (AvgIpc) is 3.50. The maximum atomic E-state index is 13.4. The van der Waals surface area contributed by atoms with Crippen LogP contribution in [0.15, 0.2) is 83.0 Å². The van der Waals surface area contributed by atoms with E-state index < -0.39 is 17.7 Å². The van der Waals surface area contributed by atoms with Gasteiger partial charge in [-0.15, -0.1) is 10.2 Å². The molecule has 2 aromatic carbocycles. The lowest BCUT2D eigenvalue weighted by atomic mass is 9.85. The van der Waals surface area contributed by atoms with Crippen molar-refractivity contribution in [2.75, 3.05) is 4.90 Å². The predicted molar refractivity (Wildman–Crippen MR) is 150 cm³/mol. The van der Waals surface area contributed by atoms with Gasteiger partial charge in [-0.3, -0.25) is 19.5 Å². The molecule has 1 aliphatic heterocycles. The molecule has 0 bridgehead atoms. The Labute approximate surface area is 233 Å². The van der Waals surface area contributed by atoms with Gasteiger partial charge in [0.1, 0.15) is 11.6 Å². The molecule has 1 aliphatic rings. The van der Waals surface area contributed by atoms with Crippen molar-refractivity contribution >= 4 is 45.7 Å². The Hall–Kier alpha value is -3.89. The number of carbonyl (C=O) groups excluding carboxylic acids is 2. The molecule has 3 heterocycles. The second-order valence-electron chi connectivity index (χ2n) is 10.0. The maximum Gasteiger partial charge on any atom is 0.301 e. The molecule has 198 valence electrons. The topological polar surface area (TPSA) is 96.3 Å². The van der Waals surface area contributed by atoms with Gasteiger partial charge in [0.05, 0.1) is 11.6 Å². The van der Waals surface area contributed by atoms with Crippen LogP contribution in [0.3, 0.4) is 0 Å². The fraction of sp³-hybridized carbons (Fsp3) is 0.207. The minimum atomic E-state index is -0.893. The monoisotopic (exact) mass is 560 g/mol. The number of pyridine rings is 1. The average molecular weight is 561 g/mol. The van der Waals surface area contributed by atoms with Crippen LogP contribution in [0.2, 0.25) is 0 Å². The summed E-state index contributed by atoms with van der Waals surface area (Å²) in [5.41, 5.74) is 2.93. The molecule has 1 amide bonds. The van der Waals surface area contributed by atoms with Gasteiger partial charge in [0.2, 0.25) is 5.13 Å². The molecule has 1 N–H and O–H groups in total. The normalized spacial score (nSPS) is 17.1. The van der Waals surface area contributed by atoms with E-state index >= 15 is 0 Å². The standard InChI is InChI=1S/C29H25FN4O3S2/c1-29(2,3)20-8-6-18(7-9-20)23-22(24(35)19-12-14-31-15-13-19)25(36)26(37)34(23)27-32-33-28(39-27)38-16-17-4-10-21(30)11-5-17/h4-15,23,35H,16H2,1-3H3/b24-22+. The highest BCUT2D eigenvalue weighted by Crippen LogP contribution is 2.44. The number of nitrogens with zero attached hydrogens (tertiary/aromatic N) is 4. The van der Waals surface area contributed by atoms with Crippen LogP contribution in [-0.2, 0) is 20.8 Å². The second kappa shape index (κ2) is 10.7. The van der Waals surface area contributed by atoms with E-state index in [4.69, 9.17) is 0 Å². The number of aromatic nitrogens is 3. The minimum absolute atomic E-state index is 0.0228. The lowest BCUT2D eigenvalue weighted by molar-refractivity contribution is -0.132. The van der Waals surface area contributed by atoms with Crippen LogP contribution < -0.4 is 4.90 Å². The molecule has 10 heteroatoms. The molecule has 1 fully saturated rings. The Balaban J connectivity index is 1.54. The number of amides is 1.